The lowest BCUT2D eigenvalue weighted by Gasteiger charge is -2.32. The first-order valence-electron chi connectivity index (χ1n) is 10.4. The lowest BCUT2D eigenvalue weighted by molar-refractivity contribution is -0.117. The number of rotatable bonds is 4. The number of aromatic hydroxyl groups is 1. The quantitative estimate of drug-likeness (QED) is 0.499. The Balaban J connectivity index is 1.56. The molecule has 0 spiro atoms. The van der Waals surface area contributed by atoms with Gasteiger partial charge in [-0.05, 0) is 52.8 Å². The summed E-state index contributed by atoms with van der Waals surface area (Å²) in [7, 11) is 2.01. The fourth-order valence-corrected chi connectivity index (χ4v) is 4.40. The zero-order valence-corrected chi connectivity index (χ0v) is 19.8. The number of amides is 2. The maximum Gasteiger partial charge on any atom is 0.269 e. The number of nitrogens with zero attached hydrogens (tertiary/aromatic N) is 5. The third kappa shape index (κ3) is 4.83. The standard InChI is InChI=1S/C23H20BrFN6O3/c1-30-4-6-31(7-5-30)23(34)14-10-16(24)20-18(11-14)27-22(33)21(20)29-28-19(32)9-13-2-3-17(25)15(8-13)12-26/h2-3,8,10-11,27,33H,4-7,9H2,1H3. The molecule has 11 heteroatoms. The van der Waals surface area contributed by atoms with Gasteiger partial charge in [0.2, 0.25) is 5.88 Å². The molecule has 4 rings (SSSR count). The molecule has 34 heavy (non-hydrogen) atoms. The Morgan fingerprint density at radius 1 is 1.24 bits per heavy atom. The summed E-state index contributed by atoms with van der Waals surface area (Å²) < 4.78 is 14.0. The number of benzene rings is 2. The first-order chi connectivity index (χ1) is 16.3. The maximum atomic E-state index is 13.5. The minimum absolute atomic E-state index is 0.0469. The van der Waals surface area contributed by atoms with E-state index in [-0.39, 0.29) is 29.5 Å². The van der Waals surface area contributed by atoms with Crippen LogP contribution in [0.25, 0.3) is 10.9 Å². The van der Waals surface area contributed by atoms with Crippen molar-refractivity contribution in [3.05, 3.63) is 57.3 Å². The van der Waals surface area contributed by atoms with Gasteiger partial charge in [-0.15, -0.1) is 10.2 Å². The van der Waals surface area contributed by atoms with Crippen molar-refractivity contribution in [3.63, 3.8) is 0 Å². The van der Waals surface area contributed by atoms with Gasteiger partial charge in [0.1, 0.15) is 11.9 Å². The fraction of sp³-hybridized carbons (Fsp3) is 0.261. The van der Waals surface area contributed by atoms with E-state index in [9.17, 15) is 19.1 Å². The Morgan fingerprint density at radius 3 is 2.68 bits per heavy atom. The van der Waals surface area contributed by atoms with Crippen molar-refractivity contribution in [2.45, 2.75) is 6.42 Å². The van der Waals surface area contributed by atoms with Gasteiger partial charge in [-0.2, -0.15) is 5.26 Å². The van der Waals surface area contributed by atoms with E-state index < -0.39 is 11.7 Å². The van der Waals surface area contributed by atoms with E-state index in [1.165, 1.54) is 12.1 Å². The van der Waals surface area contributed by atoms with Crippen molar-refractivity contribution in [1.82, 2.24) is 14.8 Å². The van der Waals surface area contributed by atoms with Crippen molar-refractivity contribution in [3.8, 4) is 11.9 Å². The van der Waals surface area contributed by atoms with Crippen LogP contribution < -0.4 is 0 Å². The van der Waals surface area contributed by atoms with Gasteiger partial charge in [0, 0.05) is 41.6 Å². The number of likely N-dealkylation sites (N-methyl/N-ethyl adjacent to an activating group) is 1. The SMILES string of the molecule is CN1CCN(C(=O)c2cc(Br)c3c(N=NC(=O)Cc4ccc(F)c(C#N)c4)c(O)[nH]c3c2)CC1. The first kappa shape index (κ1) is 23.5. The number of H-pyrrole nitrogens is 1. The van der Waals surface area contributed by atoms with Crippen LogP contribution in [-0.4, -0.2) is 64.9 Å². The number of aromatic nitrogens is 1. The molecule has 0 unspecified atom stereocenters. The first-order valence-corrected chi connectivity index (χ1v) is 11.2. The lowest BCUT2D eigenvalue weighted by Crippen LogP contribution is -2.47. The molecule has 1 fully saturated rings. The molecule has 1 aromatic heterocycles. The van der Waals surface area contributed by atoms with Gasteiger partial charge in [0.15, 0.2) is 5.69 Å². The number of nitrogens with one attached hydrogen (secondary N) is 1. The summed E-state index contributed by atoms with van der Waals surface area (Å²) in [6.07, 6.45) is -0.188. The van der Waals surface area contributed by atoms with E-state index >= 15 is 0 Å². The molecule has 0 atom stereocenters. The molecule has 2 N–H and O–H groups in total. The second-order valence-electron chi connectivity index (χ2n) is 7.99. The van der Waals surface area contributed by atoms with Gasteiger partial charge in [0.25, 0.3) is 11.8 Å². The molecular formula is C23H20BrFN6O3. The molecule has 1 aliphatic rings. The number of azo groups is 1. The van der Waals surface area contributed by atoms with Crippen LogP contribution in [0.1, 0.15) is 21.5 Å². The highest BCUT2D eigenvalue weighted by Gasteiger charge is 2.23. The number of halogens is 2. The van der Waals surface area contributed by atoms with Gasteiger partial charge >= 0.3 is 0 Å². The summed E-state index contributed by atoms with van der Waals surface area (Å²) in [6.45, 7) is 2.86. The molecule has 2 heterocycles. The monoisotopic (exact) mass is 526 g/mol. The van der Waals surface area contributed by atoms with Crippen molar-refractivity contribution in [2.75, 3.05) is 33.2 Å². The topological polar surface area (TPSA) is 125 Å². The van der Waals surface area contributed by atoms with Crippen molar-refractivity contribution in [1.29, 1.82) is 5.26 Å². The summed E-state index contributed by atoms with van der Waals surface area (Å²) in [4.78, 5) is 31.9. The summed E-state index contributed by atoms with van der Waals surface area (Å²) in [5.41, 5.74) is 1.21. The van der Waals surface area contributed by atoms with E-state index in [4.69, 9.17) is 5.26 Å². The third-order valence-corrected chi connectivity index (χ3v) is 6.24. The minimum atomic E-state index is -0.667. The number of hydrogen-bond acceptors (Lipinski definition) is 6. The number of carbonyl (C=O) groups is 2. The Hall–Kier alpha value is -3.62. The Kier molecular flexibility index (Phi) is 6.72. The van der Waals surface area contributed by atoms with Crippen LogP contribution in [0.4, 0.5) is 10.1 Å². The summed E-state index contributed by atoms with van der Waals surface area (Å²) in [6, 6.07) is 8.78. The molecule has 1 saturated heterocycles. The van der Waals surface area contributed by atoms with Crippen molar-refractivity contribution < 1.29 is 19.1 Å². The normalized spacial score (nSPS) is 14.6. The average molecular weight is 527 g/mol. The van der Waals surface area contributed by atoms with Gasteiger partial charge in [-0.25, -0.2) is 4.39 Å². The number of aromatic amines is 1. The van der Waals surface area contributed by atoms with Crippen LogP contribution in [0.5, 0.6) is 5.88 Å². The van der Waals surface area contributed by atoms with Crippen LogP contribution >= 0.6 is 15.9 Å². The molecule has 1 aliphatic heterocycles. The highest BCUT2D eigenvalue weighted by Crippen LogP contribution is 2.40. The Morgan fingerprint density at radius 2 is 1.97 bits per heavy atom. The molecular weight excluding hydrogens is 507 g/mol. The van der Waals surface area contributed by atoms with E-state index in [2.05, 4.69) is 36.0 Å². The number of hydrogen-bond donors (Lipinski definition) is 2. The number of nitriles is 1. The van der Waals surface area contributed by atoms with Crippen LogP contribution in [-0.2, 0) is 11.2 Å². The lowest BCUT2D eigenvalue weighted by atomic mass is 10.1. The van der Waals surface area contributed by atoms with Crippen molar-refractivity contribution in [2.24, 2.45) is 10.2 Å². The fourth-order valence-electron chi connectivity index (χ4n) is 3.75. The molecule has 9 nitrogen and oxygen atoms in total. The molecule has 174 valence electrons. The number of fused-ring (bicyclic) bond motifs is 1. The smallest absolute Gasteiger partial charge is 0.269 e. The van der Waals surface area contributed by atoms with E-state index in [0.717, 1.165) is 19.2 Å². The molecule has 0 saturated carbocycles. The number of carbonyl (C=O) groups excluding carboxylic acids is 2. The zero-order chi connectivity index (χ0) is 24.4. The predicted molar refractivity (Wildman–Crippen MR) is 125 cm³/mol. The summed E-state index contributed by atoms with van der Waals surface area (Å²) >= 11 is 3.43. The van der Waals surface area contributed by atoms with E-state index in [0.29, 0.717) is 39.6 Å². The third-order valence-electron chi connectivity index (χ3n) is 5.61. The van der Waals surface area contributed by atoms with E-state index in [1.807, 2.05) is 7.05 Å². The van der Waals surface area contributed by atoms with Gasteiger partial charge in [0.05, 0.1) is 17.5 Å². The highest BCUT2D eigenvalue weighted by atomic mass is 79.9. The van der Waals surface area contributed by atoms with Crippen LogP contribution in [0, 0.1) is 17.1 Å². The van der Waals surface area contributed by atoms with Crippen molar-refractivity contribution >= 4 is 44.3 Å². The van der Waals surface area contributed by atoms with Gasteiger partial charge in [-0.3, -0.25) is 9.59 Å². The van der Waals surface area contributed by atoms with Crippen LogP contribution in [0.3, 0.4) is 0 Å². The second kappa shape index (κ2) is 9.70. The molecule has 0 aliphatic carbocycles. The van der Waals surface area contributed by atoms with E-state index in [1.54, 1.807) is 23.1 Å². The zero-order valence-electron chi connectivity index (χ0n) is 18.2. The molecule has 2 amide bonds. The maximum absolute atomic E-state index is 13.5. The highest BCUT2D eigenvalue weighted by molar-refractivity contribution is 9.10. The Bertz CT molecular complexity index is 1350. The summed E-state index contributed by atoms with van der Waals surface area (Å²) in [5, 5.41) is 27.3. The Labute approximate surface area is 202 Å². The van der Waals surface area contributed by atoms with Gasteiger partial charge < -0.3 is 19.9 Å². The summed E-state index contributed by atoms with van der Waals surface area (Å²) in [5.74, 6) is -1.72. The predicted octanol–water partition coefficient (Wildman–Crippen LogP) is 3.89. The van der Waals surface area contributed by atoms with Gasteiger partial charge in [-0.1, -0.05) is 6.07 Å². The molecule has 0 bridgehead atoms. The minimum Gasteiger partial charge on any atom is -0.493 e. The molecule has 3 aromatic rings. The average Bonchev–Trinajstić information content (AvgIpc) is 3.14. The van der Waals surface area contributed by atoms with Crippen LogP contribution in [0.15, 0.2) is 45.0 Å². The number of piperazine rings is 1. The largest absolute Gasteiger partial charge is 0.493 e. The second-order valence-corrected chi connectivity index (χ2v) is 8.85. The molecule has 2 aromatic carbocycles. The van der Waals surface area contributed by atoms with Crippen LogP contribution in [0.2, 0.25) is 0 Å². The molecule has 0 radical (unpaired) electrons.